The molecule has 0 bridgehead atoms. The first-order chi connectivity index (χ1) is 12.1. The van der Waals surface area contributed by atoms with Crippen molar-refractivity contribution in [2.24, 2.45) is 0 Å². The summed E-state index contributed by atoms with van der Waals surface area (Å²) < 4.78 is 16.3. The lowest BCUT2D eigenvalue weighted by molar-refractivity contribution is -0.145. The maximum atomic E-state index is 12.8. The molecule has 0 aliphatic rings. The minimum Gasteiger partial charge on any atom is -0.474 e. The van der Waals surface area contributed by atoms with Crippen LogP contribution in [0.5, 0.6) is 5.75 Å². The molecule has 0 aliphatic heterocycles. The molecule has 0 saturated heterocycles. The molecule has 1 aromatic heterocycles. The van der Waals surface area contributed by atoms with E-state index >= 15 is 0 Å². The van der Waals surface area contributed by atoms with E-state index in [1.165, 1.54) is 0 Å². The number of fused-ring (bicyclic) bond motifs is 1. The number of aryl methyl sites for hydroxylation is 1. The molecule has 0 spiro atoms. The normalized spacial score (nSPS) is 10.6. The summed E-state index contributed by atoms with van der Waals surface area (Å²) >= 11 is 0. The first-order valence-electron chi connectivity index (χ1n) is 8.01. The van der Waals surface area contributed by atoms with E-state index in [4.69, 9.17) is 13.9 Å². The van der Waals surface area contributed by atoms with E-state index in [9.17, 15) is 9.59 Å². The molecule has 3 rings (SSSR count). The average molecular weight is 338 g/mol. The monoisotopic (exact) mass is 338 g/mol. The highest BCUT2D eigenvalue weighted by atomic mass is 16.6. The van der Waals surface area contributed by atoms with Crippen LogP contribution in [0.15, 0.2) is 57.7 Å². The minimum absolute atomic E-state index is 0.00982. The second-order valence-corrected chi connectivity index (χ2v) is 5.55. The lowest BCUT2D eigenvalue weighted by atomic mass is 10.1. The number of ether oxygens (including phenoxy) is 2. The van der Waals surface area contributed by atoms with Crippen LogP contribution < -0.4 is 10.2 Å². The van der Waals surface area contributed by atoms with Gasteiger partial charge in [-0.2, -0.15) is 0 Å². The SMILES string of the molecule is CCOC(=O)COc1c(-c2ccc(C)cc2)oc2ccccc2c1=O. The van der Waals surface area contributed by atoms with Crippen LogP contribution in [0.1, 0.15) is 12.5 Å². The van der Waals surface area contributed by atoms with Crippen molar-refractivity contribution in [3.8, 4) is 17.1 Å². The third-order valence-corrected chi connectivity index (χ3v) is 3.71. The average Bonchev–Trinajstić information content (AvgIpc) is 2.62. The highest BCUT2D eigenvalue weighted by molar-refractivity contribution is 5.82. The van der Waals surface area contributed by atoms with Gasteiger partial charge in [-0.05, 0) is 26.0 Å². The van der Waals surface area contributed by atoms with E-state index < -0.39 is 5.97 Å². The second-order valence-electron chi connectivity index (χ2n) is 5.55. The van der Waals surface area contributed by atoms with Crippen molar-refractivity contribution in [3.63, 3.8) is 0 Å². The molecule has 0 unspecified atom stereocenters. The number of rotatable bonds is 5. The van der Waals surface area contributed by atoms with Gasteiger partial charge in [0.2, 0.25) is 11.2 Å². The molecule has 0 saturated carbocycles. The first-order valence-corrected chi connectivity index (χ1v) is 8.01. The predicted molar refractivity (Wildman–Crippen MR) is 94.8 cm³/mol. The van der Waals surface area contributed by atoms with E-state index in [0.29, 0.717) is 22.3 Å². The molecule has 1 heterocycles. The Hall–Kier alpha value is -3.08. The molecular formula is C20H18O5. The van der Waals surface area contributed by atoms with Gasteiger partial charge in [-0.25, -0.2) is 4.79 Å². The first kappa shape index (κ1) is 16.8. The Balaban J connectivity index is 2.12. The van der Waals surface area contributed by atoms with Gasteiger partial charge >= 0.3 is 5.97 Å². The number of hydrogen-bond acceptors (Lipinski definition) is 5. The Morgan fingerprint density at radius 1 is 1.08 bits per heavy atom. The van der Waals surface area contributed by atoms with E-state index in [1.54, 1.807) is 31.2 Å². The summed E-state index contributed by atoms with van der Waals surface area (Å²) in [5.74, 6) is -0.228. The lowest BCUT2D eigenvalue weighted by Crippen LogP contribution is -2.18. The van der Waals surface area contributed by atoms with Gasteiger partial charge in [0.15, 0.2) is 12.4 Å². The molecule has 2 aromatic carbocycles. The number of para-hydroxylation sites is 1. The van der Waals surface area contributed by atoms with Gasteiger partial charge < -0.3 is 13.9 Å². The quantitative estimate of drug-likeness (QED) is 0.664. The summed E-state index contributed by atoms with van der Waals surface area (Å²) in [6.45, 7) is 3.58. The zero-order valence-electron chi connectivity index (χ0n) is 14.1. The zero-order valence-corrected chi connectivity index (χ0v) is 14.1. The number of esters is 1. The van der Waals surface area contributed by atoms with Gasteiger partial charge in [0.25, 0.3) is 0 Å². The van der Waals surface area contributed by atoms with Gasteiger partial charge in [0.05, 0.1) is 12.0 Å². The Morgan fingerprint density at radius 2 is 1.80 bits per heavy atom. The summed E-state index contributed by atoms with van der Waals surface area (Å²) in [6.07, 6.45) is 0. The molecule has 0 fully saturated rings. The summed E-state index contributed by atoms with van der Waals surface area (Å²) in [7, 11) is 0. The van der Waals surface area contributed by atoms with Crippen molar-refractivity contribution < 1.29 is 18.7 Å². The lowest BCUT2D eigenvalue weighted by Gasteiger charge is -2.11. The van der Waals surface area contributed by atoms with Crippen molar-refractivity contribution in [2.75, 3.05) is 13.2 Å². The van der Waals surface area contributed by atoms with Crippen LogP contribution >= 0.6 is 0 Å². The maximum absolute atomic E-state index is 12.8. The molecule has 25 heavy (non-hydrogen) atoms. The molecule has 3 aromatic rings. The summed E-state index contributed by atoms with van der Waals surface area (Å²) in [5.41, 5.74) is 1.93. The molecule has 0 radical (unpaired) electrons. The van der Waals surface area contributed by atoms with E-state index in [1.807, 2.05) is 31.2 Å². The van der Waals surface area contributed by atoms with Gasteiger partial charge in [-0.3, -0.25) is 4.79 Å². The zero-order chi connectivity index (χ0) is 17.8. The molecule has 0 amide bonds. The Labute approximate surface area is 144 Å². The Kier molecular flexibility index (Phi) is 4.84. The van der Waals surface area contributed by atoms with E-state index in [-0.39, 0.29) is 24.4 Å². The number of benzene rings is 2. The van der Waals surface area contributed by atoms with Crippen molar-refractivity contribution in [2.45, 2.75) is 13.8 Å². The third kappa shape index (κ3) is 3.55. The number of carbonyl (C=O) groups excluding carboxylic acids is 1. The standard InChI is InChI=1S/C20H18O5/c1-3-23-17(21)12-24-20-18(22)15-6-4-5-7-16(15)25-19(20)14-10-8-13(2)9-11-14/h4-11H,3,12H2,1-2H3. The molecule has 0 aliphatic carbocycles. The van der Waals surface area contributed by atoms with Crippen LogP contribution in [0.3, 0.4) is 0 Å². The van der Waals surface area contributed by atoms with Gasteiger partial charge in [-0.1, -0.05) is 42.0 Å². The van der Waals surface area contributed by atoms with Gasteiger partial charge in [-0.15, -0.1) is 0 Å². The summed E-state index contributed by atoms with van der Waals surface area (Å²) in [5, 5.41) is 0.400. The Morgan fingerprint density at radius 3 is 2.52 bits per heavy atom. The van der Waals surface area contributed by atoms with Gasteiger partial charge in [0, 0.05) is 5.56 Å². The van der Waals surface area contributed by atoms with Crippen molar-refractivity contribution >= 4 is 16.9 Å². The second kappa shape index (κ2) is 7.21. The van der Waals surface area contributed by atoms with Gasteiger partial charge in [0.1, 0.15) is 5.58 Å². The fourth-order valence-corrected chi connectivity index (χ4v) is 2.48. The van der Waals surface area contributed by atoms with E-state index in [2.05, 4.69) is 0 Å². The number of carbonyl (C=O) groups is 1. The van der Waals surface area contributed by atoms with Crippen molar-refractivity contribution in [1.29, 1.82) is 0 Å². The maximum Gasteiger partial charge on any atom is 0.344 e. The van der Waals surface area contributed by atoms with E-state index in [0.717, 1.165) is 5.56 Å². The summed E-state index contributed by atoms with van der Waals surface area (Å²) in [6, 6.07) is 14.5. The smallest absolute Gasteiger partial charge is 0.344 e. The van der Waals surface area contributed by atoms with Crippen LogP contribution in [0.25, 0.3) is 22.3 Å². The Bertz CT molecular complexity index is 954. The predicted octanol–water partition coefficient (Wildman–Crippen LogP) is 3.71. The molecule has 5 nitrogen and oxygen atoms in total. The number of hydrogen-bond donors (Lipinski definition) is 0. The van der Waals surface area contributed by atoms with Crippen LogP contribution in [0.2, 0.25) is 0 Å². The largest absolute Gasteiger partial charge is 0.474 e. The van der Waals surface area contributed by atoms with Crippen LogP contribution in [-0.4, -0.2) is 19.2 Å². The van der Waals surface area contributed by atoms with Crippen LogP contribution in [0, 0.1) is 6.92 Å². The summed E-state index contributed by atoms with van der Waals surface area (Å²) in [4.78, 5) is 24.4. The van der Waals surface area contributed by atoms with Crippen molar-refractivity contribution in [3.05, 3.63) is 64.3 Å². The molecule has 0 N–H and O–H groups in total. The van der Waals surface area contributed by atoms with Crippen molar-refractivity contribution in [1.82, 2.24) is 0 Å². The highest BCUT2D eigenvalue weighted by Crippen LogP contribution is 2.31. The van der Waals surface area contributed by atoms with Crippen LogP contribution in [-0.2, 0) is 9.53 Å². The third-order valence-electron chi connectivity index (χ3n) is 3.71. The topological polar surface area (TPSA) is 65.7 Å². The van der Waals surface area contributed by atoms with Crippen LogP contribution in [0.4, 0.5) is 0 Å². The molecule has 128 valence electrons. The highest BCUT2D eigenvalue weighted by Gasteiger charge is 2.18. The fourth-order valence-electron chi connectivity index (χ4n) is 2.48. The minimum atomic E-state index is -0.537. The molecule has 0 atom stereocenters. The fraction of sp³-hybridized carbons (Fsp3) is 0.200. The molecule has 5 heteroatoms. The molecular weight excluding hydrogens is 320 g/mol.